The van der Waals surface area contributed by atoms with E-state index in [2.05, 4.69) is 14.8 Å². The maximum atomic E-state index is 9.00. The number of hydrogen-bond donors (Lipinski definition) is 2. The monoisotopic (exact) mass is 194 g/mol. The van der Waals surface area contributed by atoms with E-state index in [9.17, 15) is 0 Å². The minimum absolute atomic E-state index is 0.0682. The predicted octanol–water partition coefficient (Wildman–Crippen LogP) is 0.408. The van der Waals surface area contributed by atoms with Gasteiger partial charge in [-0.1, -0.05) is 18.9 Å². The highest BCUT2D eigenvalue weighted by molar-refractivity contribution is 4.46. The number of aliphatic hydroxyl groups is 2. The first kappa shape index (κ1) is 12.8. The molecule has 2 N–H and O–H groups in total. The van der Waals surface area contributed by atoms with E-state index in [4.69, 9.17) is 10.2 Å². The first-order chi connectivity index (χ1) is 6.20. The minimum atomic E-state index is -0.542. The zero-order valence-electron chi connectivity index (χ0n) is 8.10. The molecule has 0 saturated carbocycles. The summed E-state index contributed by atoms with van der Waals surface area (Å²) in [5.74, 6) is 0. The third-order valence-corrected chi connectivity index (χ3v) is 1.56. The molecule has 0 aromatic heterocycles. The first-order valence-electron chi connectivity index (χ1n) is 4.47. The second-order valence-corrected chi connectivity index (χ2v) is 2.76. The van der Waals surface area contributed by atoms with Crippen molar-refractivity contribution in [2.45, 2.75) is 38.9 Å². The molecular weight excluding hydrogens is 176 g/mol. The van der Waals surface area contributed by atoms with Crippen LogP contribution in [-0.4, -0.2) is 35.6 Å². The average molecular weight is 194 g/mol. The SMILES string of the molecule is CCC(O)COOOCC(O)CC. The van der Waals surface area contributed by atoms with E-state index >= 15 is 0 Å². The topological polar surface area (TPSA) is 68.2 Å². The Labute approximate surface area is 78.1 Å². The van der Waals surface area contributed by atoms with E-state index in [0.717, 1.165) is 0 Å². The van der Waals surface area contributed by atoms with Crippen LogP contribution in [0.25, 0.3) is 0 Å². The Kier molecular flexibility index (Phi) is 8.27. The first-order valence-corrected chi connectivity index (χ1v) is 4.47. The molecule has 0 saturated heterocycles. The summed E-state index contributed by atoms with van der Waals surface area (Å²) in [4.78, 5) is 9.00. The maximum Gasteiger partial charge on any atom is 0.111 e. The van der Waals surface area contributed by atoms with Gasteiger partial charge >= 0.3 is 0 Å². The number of aliphatic hydroxyl groups excluding tert-OH is 2. The molecule has 0 heterocycles. The van der Waals surface area contributed by atoms with Crippen LogP contribution in [0.4, 0.5) is 0 Å². The van der Waals surface area contributed by atoms with E-state index in [-0.39, 0.29) is 13.2 Å². The van der Waals surface area contributed by atoms with E-state index in [1.807, 2.05) is 13.8 Å². The minimum Gasteiger partial charge on any atom is -0.391 e. The smallest absolute Gasteiger partial charge is 0.111 e. The Balaban J connectivity index is 3.08. The summed E-state index contributed by atoms with van der Waals surface area (Å²) in [5.41, 5.74) is 0. The maximum absolute atomic E-state index is 9.00. The Morgan fingerprint density at radius 3 is 1.62 bits per heavy atom. The third-order valence-electron chi connectivity index (χ3n) is 1.56. The Morgan fingerprint density at radius 1 is 0.923 bits per heavy atom. The second kappa shape index (κ2) is 8.40. The summed E-state index contributed by atoms with van der Waals surface area (Å²) in [6.07, 6.45) is 0.112. The molecule has 0 rings (SSSR count). The summed E-state index contributed by atoms with van der Waals surface area (Å²) >= 11 is 0. The lowest BCUT2D eigenvalue weighted by molar-refractivity contribution is -0.518. The lowest BCUT2D eigenvalue weighted by Crippen LogP contribution is -2.17. The number of rotatable bonds is 8. The molecule has 0 amide bonds. The second-order valence-electron chi connectivity index (χ2n) is 2.76. The van der Waals surface area contributed by atoms with Crippen molar-refractivity contribution in [2.75, 3.05) is 13.2 Å². The van der Waals surface area contributed by atoms with Crippen LogP contribution < -0.4 is 0 Å². The van der Waals surface area contributed by atoms with Gasteiger partial charge in [-0.05, 0) is 12.8 Å². The molecule has 0 aromatic rings. The van der Waals surface area contributed by atoms with Crippen molar-refractivity contribution in [3.63, 3.8) is 0 Å². The molecule has 2 atom stereocenters. The Hall–Kier alpha value is -0.200. The third kappa shape index (κ3) is 8.14. The molecule has 0 radical (unpaired) electrons. The van der Waals surface area contributed by atoms with Crippen molar-refractivity contribution in [1.82, 2.24) is 0 Å². The fraction of sp³-hybridized carbons (Fsp3) is 1.00. The highest BCUT2D eigenvalue weighted by Crippen LogP contribution is 1.94. The molecule has 5 nitrogen and oxygen atoms in total. The van der Waals surface area contributed by atoms with Crippen molar-refractivity contribution in [2.24, 2.45) is 0 Å². The van der Waals surface area contributed by atoms with Crippen LogP contribution in [0, 0.1) is 0 Å². The van der Waals surface area contributed by atoms with Gasteiger partial charge in [-0.3, -0.25) is 0 Å². The van der Waals surface area contributed by atoms with Crippen LogP contribution in [-0.2, 0) is 14.8 Å². The van der Waals surface area contributed by atoms with Gasteiger partial charge < -0.3 is 10.2 Å². The summed E-state index contributed by atoms with van der Waals surface area (Å²) in [6.45, 7) is 3.79. The van der Waals surface area contributed by atoms with Crippen molar-refractivity contribution < 1.29 is 25.0 Å². The van der Waals surface area contributed by atoms with E-state index in [0.29, 0.717) is 12.8 Å². The summed E-state index contributed by atoms with van der Waals surface area (Å²) < 4.78 is 0. The molecule has 0 aromatic carbocycles. The molecule has 80 valence electrons. The quantitative estimate of drug-likeness (QED) is 0.333. The van der Waals surface area contributed by atoms with Gasteiger partial charge in [-0.15, -0.1) is 0 Å². The largest absolute Gasteiger partial charge is 0.391 e. The van der Waals surface area contributed by atoms with E-state index < -0.39 is 12.2 Å². The lowest BCUT2D eigenvalue weighted by Gasteiger charge is -2.08. The van der Waals surface area contributed by atoms with Gasteiger partial charge in [-0.2, -0.15) is 0 Å². The van der Waals surface area contributed by atoms with Crippen molar-refractivity contribution in [1.29, 1.82) is 0 Å². The molecular formula is C8H18O5. The normalized spacial score (nSPS) is 15.7. The molecule has 2 unspecified atom stereocenters. The van der Waals surface area contributed by atoms with Crippen LogP contribution in [0.2, 0.25) is 0 Å². The molecule has 0 bridgehead atoms. The molecule has 0 spiro atoms. The molecule has 0 fully saturated rings. The van der Waals surface area contributed by atoms with Crippen LogP contribution >= 0.6 is 0 Å². The fourth-order valence-corrected chi connectivity index (χ4v) is 0.482. The molecule has 13 heavy (non-hydrogen) atoms. The molecule has 5 heteroatoms. The summed E-state index contributed by atoms with van der Waals surface area (Å²) in [5, 5.41) is 22.3. The zero-order valence-corrected chi connectivity index (χ0v) is 8.10. The van der Waals surface area contributed by atoms with Crippen LogP contribution in [0.15, 0.2) is 0 Å². The highest BCUT2D eigenvalue weighted by Gasteiger charge is 2.03. The van der Waals surface area contributed by atoms with Gasteiger partial charge in [0, 0.05) is 0 Å². The van der Waals surface area contributed by atoms with Crippen molar-refractivity contribution in [3.8, 4) is 0 Å². The lowest BCUT2D eigenvalue weighted by atomic mass is 10.3. The van der Waals surface area contributed by atoms with Crippen LogP contribution in [0.1, 0.15) is 26.7 Å². The van der Waals surface area contributed by atoms with Gasteiger partial charge in [0.25, 0.3) is 0 Å². The molecule has 0 aliphatic rings. The van der Waals surface area contributed by atoms with Crippen LogP contribution in [0.3, 0.4) is 0 Å². The zero-order chi connectivity index (χ0) is 10.1. The number of hydrogen-bond acceptors (Lipinski definition) is 5. The van der Waals surface area contributed by atoms with Gasteiger partial charge in [-0.25, -0.2) is 9.78 Å². The van der Waals surface area contributed by atoms with Crippen molar-refractivity contribution in [3.05, 3.63) is 0 Å². The molecule has 0 aliphatic carbocycles. The Morgan fingerprint density at radius 2 is 1.31 bits per heavy atom. The van der Waals surface area contributed by atoms with Gasteiger partial charge in [0.1, 0.15) is 13.2 Å². The fourth-order valence-electron chi connectivity index (χ4n) is 0.482. The van der Waals surface area contributed by atoms with Gasteiger partial charge in [0.2, 0.25) is 0 Å². The predicted molar refractivity (Wildman–Crippen MR) is 45.6 cm³/mol. The summed E-state index contributed by atoms with van der Waals surface area (Å²) in [6, 6.07) is 0. The van der Waals surface area contributed by atoms with E-state index in [1.54, 1.807) is 0 Å². The Bertz CT molecular complexity index is 96.7. The van der Waals surface area contributed by atoms with Gasteiger partial charge in [0.15, 0.2) is 0 Å². The average Bonchev–Trinajstić information content (AvgIpc) is 2.16. The van der Waals surface area contributed by atoms with Gasteiger partial charge in [0.05, 0.1) is 12.2 Å². The van der Waals surface area contributed by atoms with Crippen molar-refractivity contribution >= 4 is 0 Å². The van der Waals surface area contributed by atoms with Crippen LogP contribution in [0.5, 0.6) is 0 Å². The highest BCUT2D eigenvalue weighted by atomic mass is 17.5. The standard InChI is InChI=1S/C8H18O5/c1-3-7(9)5-11-13-12-6-8(10)4-2/h7-10H,3-6H2,1-2H3. The van der Waals surface area contributed by atoms with E-state index in [1.165, 1.54) is 0 Å². The molecule has 0 aliphatic heterocycles. The summed E-state index contributed by atoms with van der Waals surface area (Å²) in [7, 11) is 0.